The predicted molar refractivity (Wildman–Crippen MR) is 80.3 cm³/mol. The maximum atomic E-state index is 12.2. The number of aryl methyl sites for hydroxylation is 1. The monoisotopic (exact) mass is 286 g/mol. The van der Waals surface area contributed by atoms with Crippen molar-refractivity contribution in [1.82, 2.24) is 5.32 Å². The molecule has 0 unspecified atom stereocenters. The number of rotatable bonds is 2. The molecule has 0 saturated heterocycles. The Morgan fingerprint density at radius 2 is 2.14 bits per heavy atom. The van der Waals surface area contributed by atoms with E-state index in [0.29, 0.717) is 11.0 Å². The lowest BCUT2D eigenvalue weighted by Gasteiger charge is -2.12. The molecule has 5 heteroatoms. The molecule has 1 aromatic carbocycles. The molecule has 21 heavy (non-hydrogen) atoms. The van der Waals surface area contributed by atoms with Gasteiger partial charge in [-0.05, 0) is 43.9 Å². The predicted octanol–water partition coefficient (Wildman–Crippen LogP) is 1.71. The largest absolute Gasteiger partial charge is 0.451 e. The zero-order valence-electron chi connectivity index (χ0n) is 11.9. The van der Waals surface area contributed by atoms with Crippen molar-refractivity contribution in [3.8, 4) is 0 Å². The minimum atomic E-state index is -0.352. The van der Waals surface area contributed by atoms with Gasteiger partial charge in [0.15, 0.2) is 11.2 Å². The summed E-state index contributed by atoms with van der Waals surface area (Å²) in [7, 11) is 0. The molecule has 3 N–H and O–H groups in total. The summed E-state index contributed by atoms with van der Waals surface area (Å²) in [6.07, 6.45) is 2.54. The molecule has 1 aromatic heterocycles. The number of hydrogen-bond donors (Lipinski definition) is 2. The average Bonchev–Trinajstić information content (AvgIpc) is 2.83. The maximum Gasteiger partial charge on any atom is 0.287 e. The van der Waals surface area contributed by atoms with Gasteiger partial charge in [-0.2, -0.15) is 0 Å². The molecule has 5 nitrogen and oxygen atoms in total. The Morgan fingerprint density at radius 3 is 2.86 bits per heavy atom. The van der Waals surface area contributed by atoms with Crippen molar-refractivity contribution < 1.29 is 9.21 Å². The Morgan fingerprint density at radius 1 is 1.33 bits per heavy atom. The fourth-order valence-electron chi connectivity index (χ4n) is 2.78. The number of carbonyl (C=O) groups excluding carboxylic acids is 1. The van der Waals surface area contributed by atoms with Gasteiger partial charge in [-0.15, -0.1) is 0 Å². The molecule has 0 radical (unpaired) electrons. The Balaban J connectivity index is 1.89. The quantitative estimate of drug-likeness (QED) is 0.880. The molecule has 3 rings (SSSR count). The molecule has 0 spiro atoms. The second-order valence-electron chi connectivity index (χ2n) is 5.72. The molecular formula is C16H18N2O3. The van der Waals surface area contributed by atoms with Crippen LogP contribution in [0.25, 0.3) is 11.0 Å². The Hall–Kier alpha value is -2.14. The third kappa shape index (κ3) is 2.83. The zero-order chi connectivity index (χ0) is 15.0. The van der Waals surface area contributed by atoms with Crippen molar-refractivity contribution in [3.05, 3.63) is 45.8 Å². The Labute approximate surface area is 122 Å². The summed E-state index contributed by atoms with van der Waals surface area (Å²) in [6.45, 7) is 1.91. The molecule has 1 heterocycles. The number of fused-ring (bicyclic) bond motifs is 1. The van der Waals surface area contributed by atoms with Crippen LogP contribution in [0.5, 0.6) is 0 Å². The molecule has 2 aromatic rings. The van der Waals surface area contributed by atoms with E-state index in [2.05, 4.69) is 5.32 Å². The van der Waals surface area contributed by atoms with E-state index in [-0.39, 0.29) is 29.2 Å². The number of benzene rings is 1. The second kappa shape index (κ2) is 5.33. The van der Waals surface area contributed by atoms with Crippen molar-refractivity contribution in [1.29, 1.82) is 0 Å². The summed E-state index contributed by atoms with van der Waals surface area (Å²) in [5, 5.41) is 3.37. The molecule has 2 atom stereocenters. The first-order valence-corrected chi connectivity index (χ1v) is 7.14. The summed E-state index contributed by atoms with van der Waals surface area (Å²) in [5.41, 5.74) is 7.04. The maximum absolute atomic E-state index is 12.2. The number of nitrogens with one attached hydrogen (secondary N) is 1. The van der Waals surface area contributed by atoms with Gasteiger partial charge >= 0.3 is 0 Å². The van der Waals surface area contributed by atoms with Crippen LogP contribution in [0.3, 0.4) is 0 Å². The second-order valence-corrected chi connectivity index (χ2v) is 5.72. The normalized spacial score (nSPS) is 21.6. The van der Waals surface area contributed by atoms with Crippen molar-refractivity contribution >= 4 is 16.9 Å². The van der Waals surface area contributed by atoms with Crippen LogP contribution in [-0.2, 0) is 0 Å². The van der Waals surface area contributed by atoms with Gasteiger partial charge in [-0.3, -0.25) is 9.59 Å². The summed E-state index contributed by atoms with van der Waals surface area (Å²) < 4.78 is 5.58. The minimum absolute atomic E-state index is 0.0542. The van der Waals surface area contributed by atoms with Crippen molar-refractivity contribution in [3.63, 3.8) is 0 Å². The van der Waals surface area contributed by atoms with Crippen LogP contribution in [0.15, 0.2) is 33.5 Å². The number of nitrogens with two attached hydrogens (primary N) is 1. The summed E-state index contributed by atoms with van der Waals surface area (Å²) in [4.78, 5) is 24.2. The highest BCUT2D eigenvalue weighted by Crippen LogP contribution is 2.18. The van der Waals surface area contributed by atoms with E-state index >= 15 is 0 Å². The number of amides is 1. The van der Waals surface area contributed by atoms with Gasteiger partial charge in [0.25, 0.3) is 5.91 Å². The summed E-state index contributed by atoms with van der Waals surface area (Å²) in [5.74, 6) is -0.298. The summed E-state index contributed by atoms with van der Waals surface area (Å²) >= 11 is 0. The van der Waals surface area contributed by atoms with E-state index in [4.69, 9.17) is 10.2 Å². The molecule has 110 valence electrons. The third-order valence-electron chi connectivity index (χ3n) is 3.92. The van der Waals surface area contributed by atoms with Gasteiger partial charge in [0.2, 0.25) is 0 Å². The molecule has 1 fully saturated rings. The Bertz CT molecular complexity index is 751. The standard InChI is InChI=1S/C16H18N2O3/c1-9-2-5-12-13(19)8-15(21-14(12)6-9)16(20)18-11-4-3-10(17)7-11/h2,5-6,8,10-11H,3-4,7,17H2,1H3,(H,18,20)/t10-,11-/m1/s1. The SMILES string of the molecule is Cc1ccc2c(=O)cc(C(=O)N[C@@H]3CC[C@@H](N)C3)oc2c1. The van der Waals surface area contributed by atoms with Crippen LogP contribution in [-0.4, -0.2) is 18.0 Å². The van der Waals surface area contributed by atoms with E-state index in [1.165, 1.54) is 6.07 Å². The van der Waals surface area contributed by atoms with E-state index in [1.807, 2.05) is 13.0 Å². The smallest absolute Gasteiger partial charge is 0.287 e. The highest BCUT2D eigenvalue weighted by Gasteiger charge is 2.24. The number of carbonyl (C=O) groups is 1. The van der Waals surface area contributed by atoms with Gasteiger partial charge in [-0.25, -0.2) is 0 Å². The topological polar surface area (TPSA) is 85.3 Å². The Kier molecular flexibility index (Phi) is 3.51. The lowest BCUT2D eigenvalue weighted by atomic mass is 10.1. The fourth-order valence-corrected chi connectivity index (χ4v) is 2.78. The van der Waals surface area contributed by atoms with Gasteiger partial charge in [0, 0.05) is 18.2 Å². The lowest BCUT2D eigenvalue weighted by Crippen LogP contribution is -2.34. The van der Waals surface area contributed by atoms with Crippen LogP contribution >= 0.6 is 0 Å². The van der Waals surface area contributed by atoms with E-state index in [0.717, 1.165) is 24.8 Å². The minimum Gasteiger partial charge on any atom is -0.451 e. The van der Waals surface area contributed by atoms with Gasteiger partial charge in [-0.1, -0.05) is 6.07 Å². The molecule has 1 aliphatic rings. The highest BCUT2D eigenvalue weighted by molar-refractivity contribution is 5.93. The van der Waals surface area contributed by atoms with E-state index in [9.17, 15) is 9.59 Å². The van der Waals surface area contributed by atoms with Crippen LogP contribution in [0, 0.1) is 6.92 Å². The zero-order valence-corrected chi connectivity index (χ0v) is 11.9. The van der Waals surface area contributed by atoms with Gasteiger partial charge in [0.1, 0.15) is 5.58 Å². The van der Waals surface area contributed by atoms with Crippen molar-refractivity contribution in [2.45, 2.75) is 38.3 Å². The summed E-state index contributed by atoms with van der Waals surface area (Å²) in [6, 6.07) is 6.78. The first-order valence-electron chi connectivity index (χ1n) is 7.14. The van der Waals surface area contributed by atoms with Crippen LogP contribution in [0.4, 0.5) is 0 Å². The molecule has 1 aliphatic carbocycles. The average molecular weight is 286 g/mol. The van der Waals surface area contributed by atoms with Crippen molar-refractivity contribution in [2.24, 2.45) is 5.73 Å². The van der Waals surface area contributed by atoms with Crippen molar-refractivity contribution in [2.75, 3.05) is 0 Å². The third-order valence-corrected chi connectivity index (χ3v) is 3.92. The molecule has 0 aliphatic heterocycles. The molecular weight excluding hydrogens is 268 g/mol. The van der Waals surface area contributed by atoms with Gasteiger partial charge in [0.05, 0.1) is 5.39 Å². The molecule has 1 saturated carbocycles. The molecule has 0 bridgehead atoms. The van der Waals surface area contributed by atoms with Crippen LogP contribution in [0.2, 0.25) is 0 Å². The lowest BCUT2D eigenvalue weighted by molar-refractivity contribution is 0.0910. The van der Waals surface area contributed by atoms with E-state index in [1.54, 1.807) is 12.1 Å². The van der Waals surface area contributed by atoms with E-state index < -0.39 is 0 Å². The first kappa shape index (κ1) is 13.8. The first-order chi connectivity index (χ1) is 10.0. The molecule has 1 amide bonds. The number of hydrogen-bond acceptors (Lipinski definition) is 4. The fraction of sp³-hybridized carbons (Fsp3) is 0.375. The van der Waals surface area contributed by atoms with Crippen LogP contribution < -0.4 is 16.5 Å². The highest BCUT2D eigenvalue weighted by atomic mass is 16.3. The van der Waals surface area contributed by atoms with Gasteiger partial charge < -0.3 is 15.5 Å². The van der Waals surface area contributed by atoms with Crippen LogP contribution in [0.1, 0.15) is 35.4 Å².